The number of anilines is 1. The van der Waals surface area contributed by atoms with Crippen LogP contribution in [0.25, 0.3) is 0 Å². The van der Waals surface area contributed by atoms with E-state index in [1.165, 1.54) is 17.5 Å². The summed E-state index contributed by atoms with van der Waals surface area (Å²) < 4.78 is 50.6. The molecule has 1 atom stereocenters. The summed E-state index contributed by atoms with van der Waals surface area (Å²) >= 11 is 0. The Labute approximate surface area is 123 Å². The van der Waals surface area contributed by atoms with Gasteiger partial charge in [-0.3, -0.25) is 0 Å². The predicted molar refractivity (Wildman–Crippen MR) is 76.2 cm³/mol. The van der Waals surface area contributed by atoms with Crippen molar-refractivity contribution >= 4 is 15.7 Å². The quantitative estimate of drug-likeness (QED) is 0.847. The van der Waals surface area contributed by atoms with E-state index in [0.29, 0.717) is 19.6 Å². The normalized spacial score (nSPS) is 21.0. The Balaban J connectivity index is 2.39. The minimum Gasteiger partial charge on any atom is -0.492 e. The van der Waals surface area contributed by atoms with Crippen LogP contribution in [0.15, 0.2) is 17.0 Å². The van der Waals surface area contributed by atoms with Crippen LogP contribution < -0.4 is 10.5 Å². The van der Waals surface area contributed by atoms with Gasteiger partial charge in [-0.15, -0.1) is 0 Å². The highest BCUT2D eigenvalue weighted by molar-refractivity contribution is 7.89. The van der Waals surface area contributed by atoms with E-state index in [2.05, 4.69) is 0 Å². The SMILES string of the molecule is COc1c(N)cc(S(=O)(=O)N2CCCOC(C)C2)cc1F. The smallest absolute Gasteiger partial charge is 0.243 e. The second kappa shape index (κ2) is 6.17. The molecule has 0 aromatic heterocycles. The zero-order valence-corrected chi connectivity index (χ0v) is 12.8. The van der Waals surface area contributed by atoms with Crippen molar-refractivity contribution in [3.63, 3.8) is 0 Å². The van der Waals surface area contributed by atoms with Gasteiger partial charge >= 0.3 is 0 Å². The molecule has 2 rings (SSSR count). The molecule has 2 N–H and O–H groups in total. The molecule has 21 heavy (non-hydrogen) atoms. The Morgan fingerprint density at radius 1 is 1.48 bits per heavy atom. The molecule has 0 bridgehead atoms. The van der Waals surface area contributed by atoms with Gasteiger partial charge in [0.25, 0.3) is 0 Å². The number of nitrogen functional groups attached to an aromatic ring is 1. The number of hydrogen-bond acceptors (Lipinski definition) is 5. The highest BCUT2D eigenvalue weighted by Gasteiger charge is 2.29. The van der Waals surface area contributed by atoms with Crippen LogP contribution in [0.2, 0.25) is 0 Å². The lowest BCUT2D eigenvalue weighted by Crippen LogP contribution is -2.36. The number of halogens is 1. The fourth-order valence-electron chi connectivity index (χ4n) is 2.28. The van der Waals surface area contributed by atoms with Gasteiger partial charge in [-0.1, -0.05) is 0 Å². The molecule has 1 aromatic rings. The van der Waals surface area contributed by atoms with Gasteiger partial charge in [0.1, 0.15) is 0 Å². The van der Waals surface area contributed by atoms with Gasteiger partial charge in [-0.2, -0.15) is 4.31 Å². The molecule has 6 nitrogen and oxygen atoms in total. The number of rotatable bonds is 3. The van der Waals surface area contributed by atoms with Crippen LogP contribution in [0.5, 0.6) is 5.75 Å². The Morgan fingerprint density at radius 3 is 2.81 bits per heavy atom. The number of sulfonamides is 1. The van der Waals surface area contributed by atoms with E-state index in [0.717, 1.165) is 6.07 Å². The zero-order chi connectivity index (χ0) is 15.6. The second-order valence-corrected chi connectivity index (χ2v) is 6.86. The van der Waals surface area contributed by atoms with Crippen molar-refractivity contribution in [3.05, 3.63) is 17.9 Å². The van der Waals surface area contributed by atoms with E-state index in [1.807, 2.05) is 0 Å². The lowest BCUT2D eigenvalue weighted by molar-refractivity contribution is 0.0752. The van der Waals surface area contributed by atoms with E-state index >= 15 is 0 Å². The van der Waals surface area contributed by atoms with Crippen molar-refractivity contribution in [2.45, 2.75) is 24.3 Å². The molecular formula is C13H19FN2O4S. The lowest BCUT2D eigenvalue weighted by Gasteiger charge is -2.22. The van der Waals surface area contributed by atoms with Crippen LogP contribution in [-0.4, -0.2) is 45.6 Å². The standard InChI is InChI=1S/C13H19FN2O4S/c1-9-8-16(4-3-5-20-9)21(17,18)10-6-11(14)13(19-2)12(15)7-10/h6-7,9H,3-5,8,15H2,1-2H3. The number of nitrogens with zero attached hydrogens (tertiary/aromatic N) is 1. The lowest BCUT2D eigenvalue weighted by atomic mass is 10.3. The van der Waals surface area contributed by atoms with Crippen molar-refractivity contribution in [3.8, 4) is 5.75 Å². The van der Waals surface area contributed by atoms with E-state index in [1.54, 1.807) is 6.92 Å². The van der Waals surface area contributed by atoms with Gasteiger partial charge in [0.2, 0.25) is 10.0 Å². The fraction of sp³-hybridized carbons (Fsp3) is 0.538. The molecule has 8 heteroatoms. The maximum absolute atomic E-state index is 13.9. The first kappa shape index (κ1) is 16.0. The summed E-state index contributed by atoms with van der Waals surface area (Å²) in [7, 11) is -2.54. The Morgan fingerprint density at radius 2 is 2.19 bits per heavy atom. The third-order valence-corrected chi connectivity index (χ3v) is 5.15. The van der Waals surface area contributed by atoms with Crippen molar-refractivity contribution in [2.75, 3.05) is 32.5 Å². The summed E-state index contributed by atoms with van der Waals surface area (Å²) in [6.45, 7) is 2.87. The molecule has 1 saturated heterocycles. The predicted octanol–water partition coefficient (Wildman–Crippen LogP) is 1.22. The van der Waals surface area contributed by atoms with Crippen molar-refractivity contribution in [1.82, 2.24) is 4.31 Å². The fourth-order valence-corrected chi connectivity index (χ4v) is 3.88. The summed E-state index contributed by atoms with van der Waals surface area (Å²) in [6.07, 6.45) is 0.389. The topological polar surface area (TPSA) is 81.9 Å². The number of ether oxygens (including phenoxy) is 2. The largest absolute Gasteiger partial charge is 0.492 e. The van der Waals surface area contributed by atoms with Gasteiger partial charge in [-0.05, 0) is 25.5 Å². The molecule has 1 unspecified atom stereocenters. The van der Waals surface area contributed by atoms with Gasteiger partial charge in [0, 0.05) is 19.7 Å². The highest BCUT2D eigenvalue weighted by atomic mass is 32.2. The average Bonchev–Trinajstić information content (AvgIpc) is 2.63. The second-order valence-electron chi connectivity index (χ2n) is 4.93. The highest BCUT2D eigenvalue weighted by Crippen LogP contribution is 2.30. The number of methoxy groups -OCH3 is 1. The molecule has 1 aliphatic rings. The molecule has 0 aliphatic carbocycles. The first-order valence-electron chi connectivity index (χ1n) is 6.61. The summed E-state index contributed by atoms with van der Waals surface area (Å²) in [5.41, 5.74) is 5.60. The van der Waals surface area contributed by atoms with Crippen LogP contribution in [-0.2, 0) is 14.8 Å². The number of benzene rings is 1. The summed E-state index contributed by atoms with van der Waals surface area (Å²) in [5, 5.41) is 0. The van der Waals surface area contributed by atoms with Gasteiger partial charge in [0.15, 0.2) is 11.6 Å². The van der Waals surface area contributed by atoms with Crippen LogP contribution in [0, 0.1) is 5.82 Å². The van der Waals surface area contributed by atoms with E-state index in [4.69, 9.17) is 15.2 Å². The van der Waals surface area contributed by atoms with Crippen LogP contribution in [0.3, 0.4) is 0 Å². The van der Waals surface area contributed by atoms with Crippen LogP contribution in [0.1, 0.15) is 13.3 Å². The van der Waals surface area contributed by atoms with Gasteiger partial charge in [-0.25, -0.2) is 12.8 Å². The molecular weight excluding hydrogens is 299 g/mol. The van der Waals surface area contributed by atoms with Crippen LogP contribution >= 0.6 is 0 Å². The first-order valence-corrected chi connectivity index (χ1v) is 8.05. The maximum Gasteiger partial charge on any atom is 0.243 e. The van der Waals surface area contributed by atoms with E-state index < -0.39 is 15.8 Å². The molecule has 1 aromatic carbocycles. The summed E-state index contributed by atoms with van der Waals surface area (Å²) in [4.78, 5) is -0.174. The first-order chi connectivity index (χ1) is 9.86. The van der Waals surface area contributed by atoms with Gasteiger partial charge in [0.05, 0.1) is 23.8 Å². The molecule has 1 fully saturated rings. The Bertz CT molecular complexity index is 598. The molecule has 0 spiro atoms. The van der Waals surface area contributed by atoms with Gasteiger partial charge < -0.3 is 15.2 Å². The van der Waals surface area contributed by atoms with Crippen molar-refractivity contribution in [2.24, 2.45) is 0 Å². The monoisotopic (exact) mass is 318 g/mol. The third-order valence-electron chi connectivity index (χ3n) is 3.30. The minimum absolute atomic E-state index is 0.0461. The summed E-state index contributed by atoms with van der Waals surface area (Å²) in [5.74, 6) is -0.947. The third kappa shape index (κ3) is 3.28. The molecule has 0 amide bonds. The van der Waals surface area contributed by atoms with Crippen molar-refractivity contribution < 1.29 is 22.3 Å². The van der Waals surface area contributed by atoms with E-state index in [-0.39, 0.29) is 29.0 Å². The maximum atomic E-state index is 13.9. The summed E-state index contributed by atoms with van der Waals surface area (Å²) in [6, 6.07) is 2.15. The average molecular weight is 318 g/mol. The molecule has 0 radical (unpaired) electrons. The number of hydrogen-bond donors (Lipinski definition) is 1. The molecule has 1 aliphatic heterocycles. The minimum atomic E-state index is -3.81. The Hall–Kier alpha value is -1.38. The zero-order valence-electron chi connectivity index (χ0n) is 12.0. The number of nitrogens with two attached hydrogens (primary N) is 1. The molecule has 0 saturated carbocycles. The van der Waals surface area contributed by atoms with E-state index in [9.17, 15) is 12.8 Å². The van der Waals surface area contributed by atoms with Crippen molar-refractivity contribution in [1.29, 1.82) is 0 Å². The molecule has 118 valence electrons. The van der Waals surface area contributed by atoms with Crippen LogP contribution in [0.4, 0.5) is 10.1 Å². The Kier molecular flexibility index (Phi) is 4.70. The molecule has 1 heterocycles.